The Morgan fingerprint density at radius 3 is 2.00 bits per heavy atom. The molecule has 1 saturated heterocycles. The lowest BCUT2D eigenvalue weighted by Crippen LogP contribution is -2.60. The van der Waals surface area contributed by atoms with Crippen LogP contribution in [-0.2, 0) is 18.5 Å². The Morgan fingerprint density at radius 1 is 0.750 bits per heavy atom. The van der Waals surface area contributed by atoms with E-state index in [1.807, 2.05) is 41.3 Å². The zero-order valence-corrected chi connectivity index (χ0v) is 20.4. The summed E-state index contributed by atoms with van der Waals surface area (Å²) in [4.78, 5) is 42.0. The van der Waals surface area contributed by atoms with Gasteiger partial charge >= 0.3 is 0 Å². The number of para-hydroxylation sites is 2. The van der Waals surface area contributed by atoms with Crippen LogP contribution in [0.25, 0.3) is 11.0 Å². The van der Waals surface area contributed by atoms with Gasteiger partial charge in [0.2, 0.25) is 0 Å². The van der Waals surface area contributed by atoms with Gasteiger partial charge in [0, 0.05) is 43.9 Å². The maximum Gasteiger partial charge on any atom is 0.198 e. The van der Waals surface area contributed by atoms with Crippen molar-refractivity contribution in [1.29, 1.82) is 0 Å². The van der Waals surface area contributed by atoms with Gasteiger partial charge in [-0.25, -0.2) is 4.98 Å². The Labute approximate surface area is 210 Å². The van der Waals surface area contributed by atoms with Crippen molar-refractivity contribution in [2.45, 2.75) is 25.4 Å². The molecule has 0 amide bonds. The fourth-order valence-corrected chi connectivity index (χ4v) is 5.72. The second-order valence-corrected chi connectivity index (χ2v) is 9.54. The standard InChI is InChI=1S/C30H28N4O2/c1-2-21-9-3-4-10-22(21)20-33-15-17-34(18-16-33)30(27-19-31-25-13-7-8-14-26(25)32-27)28(35)23-11-5-6-12-24(23)29(30)36/h3-14,19H,2,15-18,20H2,1H3. The van der Waals surface area contributed by atoms with Gasteiger partial charge in [0.05, 0.1) is 22.9 Å². The van der Waals surface area contributed by atoms with Crippen LogP contribution in [0.3, 0.4) is 0 Å². The number of aryl methyl sites for hydroxylation is 1. The van der Waals surface area contributed by atoms with Gasteiger partial charge in [-0.1, -0.05) is 67.6 Å². The first-order chi connectivity index (χ1) is 17.6. The Morgan fingerprint density at radius 2 is 1.33 bits per heavy atom. The molecule has 0 saturated carbocycles. The van der Waals surface area contributed by atoms with E-state index in [1.54, 1.807) is 18.3 Å². The summed E-state index contributed by atoms with van der Waals surface area (Å²) in [5, 5.41) is 0. The Bertz CT molecular complexity index is 1440. The normalized spacial score (nSPS) is 18.0. The van der Waals surface area contributed by atoms with E-state index < -0.39 is 5.54 Å². The summed E-state index contributed by atoms with van der Waals surface area (Å²) in [6.07, 6.45) is 2.62. The summed E-state index contributed by atoms with van der Waals surface area (Å²) in [7, 11) is 0. The molecule has 2 aliphatic rings. The highest BCUT2D eigenvalue weighted by Gasteiger charge is 2.59. The SMILES string of the molecule is CCc1ccccc1CN1CCN(C2(c3cnc4ccccc4n3)C(=O)c3ccccc3C2=O)CC1. The lowest BCUT2D eigenvalue weighted by Gasteiger charge is -2.43. The third-order valence-corrected chi connectivity index (χ3v) is 7.63. The van der Waals surface area contributed by atoms with E-state index in [0.717, 1.165) is 31.6 Å². The summed E-state index contributed by atoms with van der Waals surface area (Å²) < 4.78 is 0. The molecule has 4 aromatic rings. The molecule has 0 spiro atoms. The Hall–Kier alpha value is -3.74. The molecule has 180 valence electrons. The van der Waals surface area contributed by atoms with E-state index >= 15 is 0 Å². The van der Waals surface area contributed by atoms with Crippen molar-refractivity contribution in [3.8, 4) is 0 Å². The number of ketones is 2. The van der Waals surface area contributed by atoms with Crippen molar-refractivity contribution in [2.24, 2.45) is 0 Å². The summed E-state index contributed by atoms with van der Waals surface area (Å²) >= 11 is 0. The molecule has 1 aromatic heterocycles. The quantitative estimate of drug-likeness (QED) is 0.401. The van der Waals surface area contributed by atoms with E-state index in [1.165, 1.54) is 11.1 Å². The summed E-state index contributed by atoms with van der Waals surface area (Å²) in [5.74, 6) is -0.394. The van der Waals surface area contributed by atoms with Crippen LogP contribution in [0.1, 0.15) is 44.5 Å². The zero-order valence-electron chi connectivity index (χ0n) is 20.4. The minimum atomic E-state index is -1.48. The smallest absolute Gasteiger partial charge is 0.198 e. The molecule has 0 unspecified atom stereocenters. The molecule has 0 N–H and O–H groups in total. The number of fused-ring (bicyclic) bond motifs is 2. The van der Waals surface area contributed by atoms with E-state index in [0.29, 0.717) is 35.4 Å². The van der Waals surface area contributed by atoms with Crippen LogP contribution in [0.4, 0.5) is 0 Å². The lowest BCUT2D eigenvalue weighted by molar-refractivity contribution is 0.0266. The summed E-state index contributed by atoms with van der Waals surface area (Å²) in [6.45, 7) is 5.75. The van der Waals surface area contributed by atoms with E-state index in [2.05, 4.69) is 41.1 Å². The minimum absolute atomic E-state index is 0.197. The molecule has 1 fully saturated rings. The number of Topliss-reactive ketones (excluding diaryl/α,β-unsaturated/α-hetero) is 2. The first kappa shape index (κ1) is 22.7. The second-order valence-electron chi connectivity index (χ2n) is 9.54. The van der Waals surface area contributed by atoms with Crippen molar-refractivity contribution in [2.75, 3.05) is 26.2 Å². The largest absolute Gasteiger partial charge is 0.297 e. The van der Waals surface area contributed by atoms with Crippen LogP contribution in [-0.4, -0.2) is 57.5 Å². The number of carbonyl (C=O) groups is 2. The highest BCUT2D eigenvalue weighted by Crippen LogP contribution is 2.42. The number of hydrogen-bond acceptors (Lipinski definition) is 6. The number of piperazine rings is 1. The third kappa shape index (κ3) is 3.48. The van der Waals surface area contributed by atoms with Crippen molar-refractivity contribution in [3.63, 3.8) is 0 Å². The van der Waals surface area contributed by atoms with Crippen LogP contribution in [0, 0.1) is 0 Å². The molecule has 3 aromatic carbocycles. The van der Waals surface area contributed by atoms with Gasteiger partial charge < -0.3 is 0 Å². The fraction of sp³-hybridized carbons (Fsp3) is 0.267. The highest BCUT2D eigenvalue weighted by molar-refractivity contribution is 6.32. The van der Waals surface area contributed by atoms with Crippen molar-refractivity contribution < 1.29 is 9.59 Å². The Kier molecular flexibility index (Phi) is 5.70. The lowest BCUT2D eigenvalue weighted by atomic mass is 9.86. The number of hydrogen-bond donors (Lipinski definition) is 0. The minimum Gasteiger partial charge on any atom is -0.297 e. The number of benzene rings is 3. The van der Waals surface area contributed by atoms with Gasteiger partial charge in [-0.3, -0.25) is 24.4 Å². The first-order valence-corrected chi connectivity index (χ1v) is 12.6. The third-order valence-electron chi connectivity index (χ3n) is 7.63. The second kappa shape index (κ2) is 9.04. The molecule has 6 rings (SSSR count). The molecule has 6 heteroatoms. The van der Waals surface area contributed by atoms with Gasteiger partial charge in [0.1, 0.15) is 0 Å². The average molecular weight is 477 g/mol. The molecule has 36 heavy (non-hydrogen) atoms. The number of carbonyl (C=O) groups excluding carboxylic acids is 2. The molecule has 0 bridgehead atoms. The molecule has 0 atom stereocenters. The van der Waals surface area contributed by atoms with Gasteiger partial charge in [0.15, 0.2) is 17.1 Å². The average Bonchev–Trinajstić information content (AvgIpc) is 3.16. The zero-order chi connectivity index (χ0) is 24.7. The topological polar surface area (TPSA) is 66.4 Å². The van der Waals surface area contributed by atoms with Crippen molar-refractivity contribution in [1.82, 2.24) is 19.8 Å². The number of aromatic nitrogens is 2. The molecule has 1 aliphatic carbocycles. The van der Waals surface area contributed by atoms with Crippen LogP contribution in [0.2, 0.25) is 0 Å². The van der Waals surface area contributed by atoms with Gasteiger partial charge in [-0.2, -0.15) is 0 Å². The molecule has 2 heterocycles. The number of nitrogens with zero attached hydrogens (tertiary/aromatic N) is 4. The van der Waals surface area contributed by atoms with E-state index in [9.17, 15) is 9.59 Å². The predicted octanol–water partition coefficient (Wildman–Crippen LogP) is 4.28. The molecular weight excluding hydrogens is 448 g/mol. The molecular formula is C30H28N4O2. The fourth-order valence-electron chi connectivity index (χ4n) is 5.72. The van der Waals surface area contributed by atoms with Gasteiger partial charge in [-0.05, 0) is 29.7 Å². The maximum atomic E-state index is 14.1. The first-order valence-electron chi connectivity index (χ1n) is 12.6. The van der Waals surface area contributed by atoms with Crippen LogP contribution >= 0.6 is 0 Å². The summed E-state index contributed by atoms with van der Waals surface area (Å²) in [5.41, 5.74) is 4.00. The highest BCUT2D eigenvalue weighted by atomic mass is 16.2. The Balaban J connectivity index is 1.36. The van der Waals surface area contributed by atoms with Gasteiger partial charge in [-0.15, -0.1) is 0 Å². The van der Waals surface area contributed by atoms with Crippen LogP contribution in [0.15, 0.2) is 79.0 Å². The van der Waals surface area contributed by atoms with Crippen LogP contribution < -0.4 is 0 Å². The molecule has 1 aliphatic heterocycles. The van der Waals surface area contributed by atoms with Crippen LogP contribution in [0.5, 0.6) is 0 Å². The predicted molar refractivity (Wildman–Crippen MR) is 139 cm³/mol. The molecule has 6 nitrogen and oxygen atoms in total. The van der Waals surface area contributed by atoms with Crippen molar-refractivity contribution >= 4 is 22.6 Å². The monoisotopic (exact) mass is 476 g/mol. The van der Waals surface area contributed by atoms with Crippen molar-refractivity contribution in [3.05, 3.63) is 107 Å². The summed E-state index contributed by atoms with van der Waals surface area (Å²) in [6, 6.07) is 23.3. The number of rotatable bonds is 5. The van der Waals surface area contributed by atoms with Gasteiger partial charge in [0.25, 0.3) is 0 Å². The van der Waals surface area contributed by atoms with E-state index in [-0.39, 0.29) is 11.6 Å². The molecule has 0 radical (unpaired) electrons. The maximum absolute atomic E-state index is 14.1. The van der Waals surface area contributed by atoms with E-state index in [4.69, 9.17) is 4.98 Å².